The number of likely N-dealkylation sites (tertiary alicyclic amines) is 1. The Kier molecular flexibility index (Phi) is 3.90. The van der Waals surface area contributed by atoms with Crippen LogP contribution in [0.15, 0.2) is 24.3 Å². The smallest absolute Gasteiger partial charge is 0.222 e. The second kappa shape index (κ2) is 5.91. The first kappa shape index (κ1) is 15.2. The van der Waals surface area contributed by atoms with Crippen LogP contribution < -0.4 is 0 Å². The Morgan fingerprint density at radius 3 is 2.78 bits per heavy atom. The zero-order valence-corrected chi connectivity index (χ0v) is 13.8. The van der Waals surface area contributed by atoms with Crippen molar-refractivity contribution in [1.29, 1.82) is 0 Å². The fourth-order valence-corrected chi connectivity index (χ4v) is 4.68. The summed E-state index contributed by atoms with van der Waals surface area (Å²) in [5, 5.41) is 0. The average molecular weight is 315 g/mol. The molecule has 23 heavy (non-hydrogen) atoms. The summed E-state index contributed by atoms with van der Waals surface area (Å²) in [5.41, 5.74) is 2.88. The molecule has 0 aromatic heterocycles. The van der Waals surface area contributed by atoms with Gasteiger partial charge in [-0.1, -0.05) is 24.3 Å². The highest BCUT2D eigenvalue weighted by Crippen LogP contribution is 2.42. The van der Waals surface area contributed by atoms with Gasteiger partial charge in [0.05, 0.1) is 19.8 Å². The Morgan fingerprint density at radius 1 is 1.35 bits per heavy atom. The summed E-state index contributed by atoms with van der Waals surface area (Å²) in [6.07, 6.45) is 2.77. The van der Waals surface area contributed by atoms with Crippen LogP contribution in [0.5, 0.6) is 0 Å². The van der Waals surface area contributed by atoms with Crippen molar-refractivity contribution >= 4 is 5.91 Å². The first-order valence-electron chi connectivity index (χ1n) is 8.61. The highest BCUT2D eigenvalue weighted by Gasteiger charge is 2.51. The number of carbonyl (C=O) groups excluding carboxylic acids is 1. The maximum absolute atomic E-state index is 12.8. The van der Waals surface area contributed by atoms with Gasteiger partial charge in [-0.3, -0.25) is 4.79 Å². The lowest BCUT2D eigenvalue weighted by Crippen LogP contribution is -2.37. The standard InChI is InChI=1S/C19H25NO3/c1-22-12-19-11-20(9-17(19)10-23-13-19)18(21)8-14-6-15-4-2-3-5-16(15)7-14/h2-5,14,17H,6-13H2,1H3/t17-,19-/m1/s1. The lowest BCUT2D eigenvalue weighted by Gasteiger charge is -2.26. The lowest BCUT2D eigenvalue weighted by molar-refractivity contribution is -0.132. The summed E-state index contributed by atoms with van der Waals surface area (Å²) >= 11 is 0. The number of nitrogens with zero attached hydrogens (tertiary/aromatic N) is 1. The summed E-state index contributed by atoms with van der Waals surface area (Å²) in [6.45, 7) is 3.81. The van der Waals surface area contributed by atoms with Gasteiger partial charge in [-0.15, -0.1) is 0 Å². The molecule has 2 saturated heterocycles. The highest BCUT2D eigenvalue weighted by atomic mass is 16.5. The van der Waals surface area contributed by atoms with Gasteiger partial charge in [0.1, 0.15) is 0 Å². The van der Waals surface area contributed by atoms with Crippen molar-refractivity contribution in [3.63, 3.8) is 0 Å². The summed E-state index contributed by atoms with van der Waals surface area (Å²) in [7, 11) is 1.74. The second-order valence-electron chi connectivity index (χ2n) is 7.53. The quantitative estimate of drug-likeness (QED) is 0.852. The molecule has 1 aromatic carbocycles. The van der Waals surface area contributed by atoms with Crippen LogP contribution in [0.2, 0.25) is 0 Å². The zero-order chi connectivity index (χ0) is 15.9. The van der Waals surface area contributed by atoms with Gasteiger partial charge in [-0.2, -0.15) is 0 Å². The van der Waals surface area contributed by atoms with Crippen molar-refractivity contribution in [2.24, 2.45) is 17.3 Å². The molecule has 0 bridgehead atoms. The van der Waals surface area contributed by atoms with Gasteiger partial charge >= 0.3 is 0 Å². The largest absolute Gasteiger partial charge is 0.384 e. The van der Waals surface area contributed by atoms with Crippen LogP contribution in [0.1, 0.15) is 17.5 Å². The third-order valence-corrected chi connectivity index (χ3v) is 5.90. The summed E-state index contributed by atoms with van der Waals surface area (Å²) in [6, 6.07) is 8.59. The minimum atomic E-state index is 0.0308. The van der Waals surface area contributed by atoms with E-state index in [9.17, 15) is 4.79 Å². The van der Waals surface area contributed by atoms with Gasteiger partial charge in [0.2, 0.25) is 5.91 Å². The Bertz CT molecular complexity index is 577. The molecule has 0 saturated carbocycles. The number of ether oxygens (including phenoxy) is 2. The molecule has 3 aliphatic rings. The number of hydrogen-bond acceptors (Lipinski definition) is 3. The summed E-state index contributed by atoms with van der Waals surface area (Å²) in [4.78, 5) is 14.8. The van der Waals surface area contributed by atoms with Crippen molar-refractivity contribution in [2.75, 3.05) is 40.0 Å². The summed E-state index contributed by atoms with van der Waals surface area (Å²) < 4.78 is 11.1. The van der Waals surface area contributed by atoms with Gasteiger partial charge in [0.15, 0.2) is 0 Å². The topological polar surface area (TPSA) is 38.8 Å². The minimum absolute atomic E-state index is 0.0308. The fourth-order valence-electron chi connectivity index (χ4n) is 4.68. The molecule has 4 nitrogen and oxygen atoms in total. The third kappa shape index (κ3) is 2.68. The zero-order valence-electron chi connectivity index (χ0n) is 13.8. The van der Waals surface area contributed by atoms with Crippen molar-refractivity contribution in [3.05, 3.63) is 35.4 Å². The highest BCUT2D eigenvalue weighted by molar-refractivity contribution is 5.77. The van der Waals surface area contributed by atoms with Crippen molar-refractivity contribution in [2.45, 2.75) is 19.3 Å². The predicted octanol–water partition coefficient (Wildman–Crippen LogP) is 1.91. The first-order chi connectivity index (χ1) is 11.2. The Balaban J connectivity index is 1.38. The normalized spacial score (nSPS) is 29.8. The first-order valence-corrected chi connectivity index (χ1v) is 8.61. The van der Waals surface area contributed by atoms with E-state index in [4.69, 9.17) is 9.47 Å². The molecule has 2 atom stereocenters. The SMILES string of the molecule is COC[C@]12COC[C@H]1CN(C(=O)CC1Cc3ccccc3C1)C2. The van der Waals surface area contributed by atoms with E-state index in [1.165, 1.54) is 11.1 Å². The Hall–Kier alpha value is -1.39. The van der Waals surface area contributed by atoms with E-state index in [0.717, 1.165) is 39.1 Å². The molecule has 2 heterocycles. The van der Waals surface area contributed by atoms with E-state index < -0.39 is 0 Å². The monoisotopic (exact) mass is 315 g/mol. The molecular formula is C19H25NO3. The minimum Gasteiger partial charge on any atom is -0.384 e. The fraction of sp³-hybridized carbons (Fsp3) is 0.632. The van der Waals surface area contributed by atoms with E-state index in [-0.39, 0.29) is 5.41 Å². The van der Waals surface area contributed by atoms with Gasteiger partial charge in [-0.25, -0.2) is 0 Å². The summed E-state index contributed by atoms with van der Waals surface area (Å²) in [5.74, 6) is 1.22. The molecule has 0 radical (unpaired) electrons. The number of amides is 1. The third-order valence-electron chi connectivity index (χ3n) is 5.90. The molecule has 2 aliphatic heterocycles. The van der Waals surface area contributed by atoms with Crippen LogP contribution in [0.4, 0.5) is 0 Å². The lowest BCUT2D eigenvalue weighted by atomic mass is 9.82. The second-order valence-corrected chi connectivity index (χ2v) is 7.53. The number of rotatable bonds is 4. The average Bonchev–Trinajstić information content (AvgIpc) is 3.18. The number of hydrogen-bond donors (Lipinski definition) is 0. The van der Waals surface area contributed by atoms with Crippen LogP contribution in [0.3, 0.4) is 0 Å². The molecule has 4 heteroatoms. The van der Waals surface area contributed by atoms with E-state index in [2.05, 4.69) is 29.2 Å². The number of benzene rings is 1. The van der Waals surface area contributed by atoms with Crippen molar-refractivity contribution < 1.29 is 14.3 Å². The van der Waals surface area contributed by atoms with Gasteiger partial charge in [-0.05, 0) is 29.9 Å². The Labute approximate surface area is 137 Å². The molecule has 4 rings (SSSR count). The van der Waals surface area contributed by atoms with E-state index >= 15 is 0 Å². The molecular weight excluding hydrogens is 290 g/mol. The van der Waals surface area contributed by atoms with Crippen LogP contribution in [-0.2, 0) is 27.1 Å². The van der Waals surface area contributed by atoms with Crippen molar-refractivity contribution in [1.82, 2.24) is 4.90 Å². The molecule has 1 amide bonds. The van der Waals surface area contributed by atoms with E-state index in [0.29, 0.717) is 30.8 Å². The number of carbonyl (C=O) groups is 1. The molecule has 0 N–H and O–H groups in total. The Morgan fingerprint density at radius 2 is 2.09 bits per heavy atom. The molecule has 0 spiro atoms. The number of fused-ring (bicyclic) bond motifs is 2. The number of methoxy groups -OCH3 is 1. The predicted molar refractivity (Wildman–Crippen MR) is 87.2 cm³/mol. The molecule has 1 aliphatic carbocycles. The van der Waals surface area contributed by atoms with Gasteiger partial charge in [0.25, 0.3) is 0 Å². The van der Waals surface area contributed by atoms with Crippen LogP contribution >= 0.6 is 0 Å². The maximum Gasteiger partial charge on any atom is 0.222 e. The molecule has 124 valence electrons. The van der Waals surface area contributed by atoms with Crippen molar-refractivity contribution in [3.8, 4) is 0 Å². The van der Waals surface area contributed by atoms with Gasteiger partial charge in [0, 0.05) is 38.0 Å². The van der Waals surface area contributed by atoms with Crippen LogP contribution in [-0.4, -0.2) is 50.8 Å². The van der Waals surface area contributed by atoms with Gasteiger partial charge < -0.3 is 14.4 Å². The van der Waals surface area contributed by atoms with E-state index in [1.54, 1.807) is 7.11 Å². The molecule has 2 fully saturated rings. The van der Waals surface area contributed by atoms with Crippen LogP contribution in [0.25, 0.3) is 0 Å². The maximum atomic E-state index is 12.8. The van der Waals surface area contributed by atoms with E-state index in [1.807, 2.05) is 0 Å². The molecule has 1 aromatic rings. The molecule has 0 unspecified atom stereocenters. The van der Waals surface area contributed by atoms with Crippen LogP contribution in [0, 0.1) is 17.3 Å².